The van der Waals surface area contributed by atoms with E-state index in [0.29, 0.717) is 12.3 Å². The zero-order chi connectivity index (χ0) is 15.0. The molecule has 1 atom stereocenters. The summed E-state index contributed by atoms with van der Waals surface area (Å²) < 4.78 is 7.49. The lowest BCUT2D eigenvalue weighted by atomic mass is 9.84. The molecule has 21 heavy (non-hydrogen) atoms. The number of carbonyl (C=O) groups excluding carboxylic acids is 1. The first-order valence-corrected chi connectivity index (χ1v) is 7.67. The molecule has 2 aliphatic rings. The Morgan fingerprint density at radius 3 is 2.67 bits per heavy atom. The highest BCUT2D eigenvalue weighted by Crippen LogP contribution is 2.30. The number of amides is 1. The van der Waals surface area contributed by atoms with Crippen LogP contribution in [0.4, 0.5) is 0 Å². The molecule has 1 aromatic heterocycles. The van der Waals surface area contributed by atoms with Crippen molar-refractivity contribution in [2.75, 3.05) is 13.1 Å². The maximum atomic E-state index is 12.2. The van der Waals surface area contributed by atoms with E-state index in [0.717, 1.165) is 31.5 Å². The van der Waals surface area contributed by atoms with E-state index in [1.54, 1.807) is 11.6 Å². The number of ether oxygens (including phenoxy) is 1. The van der Waals surface area contributed by atoms with Crippen LogP contribution in [0.3, 0.4) is 0 Å². The van der Waals surface area contributed by atoms with Crippen molar-refractivity contribution in [1.82, 2.24) is 9.47 Å². The van der Waals surface area contributed by atoms with Gasteiger partial charge in [0.25, 0.3) is 5.56 Å². The first-order valence-electron chi connectivity index (χ1n) is 7.67. The van der Waals surface area contributed by atoms with E-state index in [1.165, 1.54) is 12.5 Å². The fourth-order valence-corrected chi connectivity index (χ4v) is 2.94. The lowest BCUT2D eigenvalue weighted by Crippen LogP contribution is -2.38. The Hall–Kier alpha value is -1.78. The number of hydrogen-bond acceptors (Lipinski definition) is 3. The molecule has 1 aliphatic carbocycles. The molecule has 0 radical (unpaired) electrons. The molecule has 1 saturated heterocycles. The van der Waals surface area contributed by atoms with Gasteiger partial charge in [-0.1, -0.05) is 6.42 Å². The van der Waals surface area contributed by atoms with Crippen LogP contribution in [0.2, 0.25) is 0 Å². The van der Waals surface area contributed by atoms with E-state index in [2.05, 4.69) is 0 Å². The summed E-state index contributed by atoms with van der Waals surface area (Å²) in [4.78, 5) is 25.9. The molecule has 0 aromatic carbocycles. The Kier molecular flexibility index (Phi) is 3.74. The van der Waals surface area contributed by atoms with Gasteiger partial charge in [0.2, 0.25) is 5.91 Å². The zero-order valence-corrected chi connectivity index (χ0v) is 12.7. The third-order valence-corrected chi connectivity index (χ3v) is 4.69. The summed E-state index contributed by atoms with van der Waals surface area (Å²) in [5.74, 6) is 1.14. The molecule has 5 nitrogen and oxygen atoms in total. The molecule has 0 spiro atoms. The van der Waals surface area contributed by atoms with Crippen molar-refractivity contribution in [1.29, 1.82) is 0 Å². The maximum absolute atomic E-state index is 12.2. The molecule has 2 fully saturated rings. The molecular formula is C16H22N2O3. The van der Waals surface area contributed by atoms with Gasteiger partial charge in [-0.05, 0) is 25.8 Å². The molecule has 1 unspecified atom stereocenters. The Morgan fingerprint density at radius 2 is 2.05 bits per heavy atom. The van der Waals surface area contributed by atoms with Crippen molar-refractivity contribution in [3.63, 3.8) is 0 Å². The van der Waals surface area contributed by atoms with Crippen LogP contribution >= 0.6 is 0 Å². The number of likely N-dealkylation sites (tertiary alicyclic amines) is 1. The number of hydrogen-bond donors (Lipinski definition) is 0. The van der Waals surface area contributed by atoms with E-state index >= 15 is 0 Å². The molecule has 0 N–H and O–H groups in total. The fourth-order valence-electron chi connectivity index (χ4n) is 2.94. The molecule has 0 bridgehead atoms. The average Bonchev–Trinajstić information content (AvgIpc) is 2.82. The number of aromatic nitrogens is 1. The van der Waals surface area contributed by atoms with Gasteiger partial charge in [-0.25, -0.2) is 0 Å². The summed E-state index contributed by atoms with van der Waals surface area (Å²) in [6, 6.07) is 3.39. The van der Waals surface area contributed by atoms with Crippen molar-refractivity contribution < 1.29 is 9.53 Å². The number of rotatable bonds is 3. The van der Waals surface area contributed by atoms with Crippen LogP contribution < -0.4 is 10.3 Å². The third-order valence-electron chi connectivity index (χ3n) is 4.69. The number of pyridine rings is 1. The first kappa shape index (κ1) is 14.2. The van der Waals surface area contributed by atoms with Gasteiger partial charge >= 0.3 is 0 Å². The highest BCUT2D eigenvalue weighted by Gasteiger charge is 2.34. The molecule has 3 rings (SSSR count). The molecule has 1 amide bonds. The lowest BCUT2D eigenvalue weighted by Gasteiger charge is -2.29. The Labute approximate surface area is 124 Å². The smallest absolute Gasteiger partial charge is 0.254 e. The molecule has 114 valence electrons. The van der Waals surface area contributed by atoms with E-state index in [9.17, 15) is 9.59 Å². The van der Waals surface area contributed by atoms with Crippen LogP contribution in [0.15, 0.2) is 16.9 Å². The minimum absolute atomic E-state index is 0.000493. The molecule has 5 heteroatoms. The topological polar surface area (TPSA) is 51.5 Å². The van der Waals surface area contributed by atoms with Gasteiger partial charge in [-0.3, -0.25) is 9.59 Å². The second-order valence-electron chi connectivity index (χ2n) is 6.17. The highest BCUT2D eigenvalue weighted by molar-refractivity contribution is 5.79. The number of aryl methyl sites for hydroxylation is 1. The van der Waals surface area contributed by atoms with Gasteiger partial charge in [0.15, 0.2) is 0 Å². The minimum atomic E-state index is -0.0644. The molecule has 1 aromatic rings. The van der Waals surface area contributed by atoms with Gasteiger partial charge in [-0.15, -0.1) is 0 Å². The minimum Gasteiger partial charge on any atom is -0.488 e. The average molecular weight is 290 g/mol. The van der Waals surface area contributed by atoms with E-state index in [4.69, 9.17) is 4.74 Å². The standard InChI is InChI=1S/C16H22N2O3/c1-11-8-14(9-15(19)17(11)2)21-13-6-7-18(10-13)16(20)12-4-3-5-12/h8-9,12-13H,3-7,10H2,1-2H3. The van der Waals surface area contributed by atoms with Crippen LogP contribution in [0.1, 0.15) is 31.4 Å². The zero-order valence-electron chi connectivity index (χ0n) is 12.7. The summed E-state index contributed by atoms with van der Waals surface area (Å²) in [5.41, 5.74) is 0.809. The van der Waals surface area contributed by atoms with Crippen molar-refractivity contribution in [2.45, 2.75) is 38.7 Å². The quantitative estimate of drug-likeness (QED) is 0.847. The van der Waals surface area contributed by atoms with Gasteiger partial charge < -0.3 is 14.2 Å². The van der Waals surface area contributed by atoms with Gasteiger partial charge in [0, 0.05) is 37.7 Å². The van der Waals surface area contributed by atoms with Crippen LogP contribution in [0.25, 0.3) is 0 Å². The van der Waals surface area contributed by atoms with Crippen LogP contribution in [-0.4, -0.2) is 34.6 Å². The van der Waals surface area contributed by atoms with E-state index < -0.39 is 0 Å². The Balaban J connectivity index is 1.62. The summed E-state index contributed by atoms with van der Waals surface area (Å²) >= 11 is 0. The molecule has 1 aliphatic heterocycles. The van der Waals surface area contributed by atoms with E-state index in [1.807, 2.05) is 17.9 Å². The van der Waals surface area contributed by atoms with Crippen molar-refractivity contribution in [3.8, 4) is 5.75 Å². The SMILES string of the molecule is Cc1cc(OC2CCN(C(=O)C3CCC3)C2)cc(=O)n1C. The molecule has 1 saturated carbocycles. The second-order valence-corrected chi connectivity index (χ2v) is 6.17. The summed E-state index contributed by atoms with van der Waals surface area (Å²) in [6.07, 6.45) is 4.09. The molecular weight excluding hydrogens is 268 g/mol. The highest BCUT2D eigenvalue weighted by atomic mass is 16.5. The number of nitrogens with zero attached hydrogens (tertiary/aromatic N) is 2. The normalized spacial score (nSPS) is 22.2. The first-order chi connectivity index (χ1) is 10.0. The van der Waals surface area contributed by atoms with Gasteiger partial charge in [-0.2, -0.15) is 0 Å². The van der Waals surface area contributed by atoms with Crippen molar-refractivity contribution in [2.24, 2.45) is 13.0 Å². The molecule has 2 heterocycles. The Morgan fingerprint density at radius 1 is 1.29 bits per heavy atom. The Bertz CT molecular complexity index is 604. The maximum Gasteiger partial charge on any atom is 0.254 e. The van der Waals surface area contributed by atoms with E-state index in [-0.39, 0.29) is 23.5 Å². The third kappa shape index (κ3) is 2.82. The monoisotopic (exact) mass is 290 g/mol. The van der Waals surface area contributed by atoms with Crippen molar-refractivity contribution in [3.05, 3.63) is 28.2 Å². The van der Waals surface area contributed by atoms with Crippen LogP contribution in [0, 0.1) is 12.8 Å². The largest absolute Gasteiger partial charge is 0.488 e. The summed E-state index contributed by atoms with van der Waals surface area (Å²) in [5, 5.41) is 0. The number of carbonyl (C=O) groups is 1. The lowest BCUT2D eigenvalue weighted by molar-refractivity contribution is -0.137. The predicted molar refractivity (Wildman–Crippen MR) is 79.4 cm³/mol. The van der Waals surface area contributed by atoms with Crippen LogP contribution in [-0.2, 0) is 11.8 Å². The summed E-state index contributed by atoms with van der Waals surface area (Å²) in [6.45, 7) is 3.29. The fraction of sp³-hybridized carbons (Fsp3) is 0.625. The predicted octanol–water partition coefficient (Wildman–Crippen LogP) is 1.47. The van der Waals surface area contributed by atoms with Gasteiger partial charge in [0.1, 0.15) is 11.9 Å². The van der Waals surface area contributed by atoms with Crippen molar-refractivity contribution >= 4 is 5.91 Å². The summed E-state index contributed by atoms with van der Waals surface area (Å²) in [7, 11) is 1.75. The van der Waals surface area contributed by atoms with Gasteiger partial charge in [0.05, 0.1) is 6.54 Å². The van der Waals surface area contributed by atoms with Crippen LogP contribution in [0.5, 0.6) is 5.75 Å². The second kappa shape index (κ2) is 5.54.